The van der Waals surface area contributed by atoms with Crippen LogP contribution in [-0.2, 0) is 0 Å². The number of carboxylic acid groups (broad SMARTS) is 1. The van der Waals surface area contributed by atoms with E-state index in [4.69, 9.17) is 5.11 Å². The van der Waals surface area contributed by atoms with Gasteiger partial charge < -0.3 is 15.7 Å². The second-order valence-corrected chi connectivity index (χ2v) is 3.11. The highest BCUT2D eigenvalue weighted by Crippen LogP contribution is 2.09. The Morgan fingerprint density at radius 2 is 1.82 bits per heavy atom. The highest BCUT2D eigenvalue weighted by atomic mass is 19.3. The summed E-state index contributed by atoms with van der Waals surface area (Å²) in [6, 6.07) is 4.56. The van der Waals surface area contributed by atoms with Crippen LogP contribution in [0, 0.1) is 0 Å². The van der Waals surface area contributed by atoms with Gasteiger partial charge in [0.15, 0.2) is 0 Å². The van der Waals surface area contributed by atoms with Crippen LogP contribution in [-0.4, -0.2) is 30.1 Å². The Hall–Kier alpha value is -2.18. The molecule has 0 heterocycles. The summed E-state index contributed by atoms with van der Waals surface area (Å²) in [4.78, 5) is 21.6. The van der Waals surface area contributed by atoms with Gasteiger partial charge in [0.05, 0.1) is 12.1 Å². The van der Waals surface area contributed by atoms with Gasteiger partial charge in [0.1, 0.15) is 0 Å². The molecule has 92 valence electrons. The molecule has 17 heavy (non-hydrogen) atoms. The number of nitrogens with one attached hydrogen (secondary N) is 2. The molecule has 3 N–H and O–H groups in total. The van der Waals surface area contributed by atoms with Crippen LogP contribution in [0.15, 0.2) is 24.3 Å². The Morgan fingerprint density at radius 3 is 2.29 bits per heavy atom. The summed E-state index contributed by atoms with van der Waals surface area (Å²) in [6.07, 6.45) is -2.62. The van der Waals surface area contributed by atoms with Crippen LogP contribution in [0.2, 0.25) is 0 Å². The number of halogens is 2. The molecule has 0 aliphatic rings. The number of urea groups is 1. The van der Waals surface area contributed by atoms with Gasteiger partial charge in [0, 0.05) is 5.69 Å². The number of carbonyl (C=O) groups is 2. The molecule has 1 rings (SSSR count). The summed E-state index contributed by atoms with van der Waals surface area (Å²) >= 11 is 0. The molecule has 0 aliphatic carbocycles. The minimum atomic E-state index is -2.62. The van der Waals surface area contributed by atoms with Crippen molar-refractivity contribution in [3.05, 3.63) is 29.8 Å². The minimum Gasteiger partial charge on any atom is -0.478 e. The van der Waals surface area contributed by atoms with Crippen LogP contribution >= 0.6 is 0 Å². The van der Waals surface area contributed by atoms with Gasteiger partial charge in [-0.15, -0.1) is 0 Å². The lowest BCUT2D eigenvalue weighted by Gasteiger charge is -2.07. The van der Waals surface area contributed by atoms with Crippen molar-refractivity contribution < 1.29 is 23.5 Å². The molecular weight excluding hydrogens is 234 g/mol. The number of hydrogen-bond acceptors (Lipinski definition) is 2. The lowest BCUT2D eigenvalue weighted by molar-refractivity contribution is 0.0697. The smallest absolute Gasteiger partial charge is 0.335 e. The molecule has 7 heteroatoms. The van der Waals surface area contributed by atoms with E-state index in [-0.39, 0.29) is 5.56 Å². The Labute approximate surface area is 95.4 Å². The second kappa shape index (κ2) is 5.78. The van der Waals surface area contributed by atoms with E-state index >= 15 is 0 Å². The summed E-state index contributed by atoms with van der Waals surface area (Å²) in [5.41, 5.74) is 0.394. The van der Waals surface area contributed by atoms with Crippen molar-refractivity contribution in [2.24, 2.45) is 0 Å². The fourth-order valence-corrected chi connectivity index (χ4v) is 1.04. The molecule has 0 atom stereocenters. The maximum absolute atomic E-state index is 11.8. The first-order valence-electron chi connectivity index (χ1n) is 4.65. The Kier molecular flexibility index (Phi) is 4.38. The van der Waals surface area contributed by atoms with E-state index in [2.05, 4.69) is 5.32 Å². The monoisotopic (exact) mass is 244 g/mol. The van der Waals surface area contributed by atoms with Gasteiger partial charge in [-0.3, -0.25) is 0 Å². The Bertz CT molecular complexity index is 407. The lowest BCUT2D eigenvalue weighted by Crippen LogP contribution is -2.32. The van der Waals surface area contributed by atoms with Crippen LogP contribution in [0.3, 0.4) is 0 Å². The number of amides is 2. The molecular formula is C10H10F2N2O3. The van der Waals surface area contributed by atoms with Gasteiger partial charge >= 0.3 is 12.0 Å². The predicted octanol–water partition coefficient (Wildman–Crippen LogP) is 1.77. The van der Waals surface area contributed by atoms with Crippen LogP contribution < -0.4 is 10.6 Å². The van der Waals surface area contributed by atoms with Crippen molar-refractivity contribution in [2.75, 3.05) is 11.9 Å². The average molecular weight is 244 g/mol. The average Bonchev–Trinajstić information content (AvgIpc) is 2.27. The van der Waals surface area contributed by atoms with Crippen LogP contribution in [0.4, 0.5) is 19.3 Å². The van der Waals surface area contributed by atoms with Crippen molar-refractivity contribution in [3.8, 4) is 0 Å². The van der Waals surface area contributed by atoms with Crippen molar-refractivity contribution in [3.63, 3.8) is 0 Å². The largest absolute Gasteiger partial charge is 0.478 e. The molecule has 0 aliphatic heterocycles. The fraction of sp³-hybridized carbons (Fsp3) is 0.200. The normalized spacial score (nSPS) is 10.1. The minimum absolute atomic E-state index is 0.0727. The third kappa shape index (κ3) is 4.45. The fourth-order valence-electron chi connectivity index (χ4n) is 1.04. The Balaban J connectivity index is 2.51. The van der Waals surface area contributed by atoms with Crippen molar-refractivity contribution in [2.45, 2.75) is 6.43 Å². The van der Waals surface area contributed by atoms with E-state index in [0.29, 0.717) is 5.69 Å². The quantitative estimate of drug-likeness (QED) is 0.755. The molecule has 0 bridgehead atoms. The lowest BCUT2D eigenvalue weighted by atomic mass is 10.2. The summed E-state index contributed by atoms with van der Waals surface area (Å²) in [7, 11) is 0. The van der Waals surface area contributed by atoms with E-state index in [1.54, 1.807) is 0 Å². The van der Waals surface area contributed by atoms with Crippen LogP contribution in [0.25, 0.3) is 0 Å². The summed E-state index contributed by atoms with van der Waals surface area (Å²) in [5.74, 6) is -1.08. The van der Waals surface area contributed by atoms with E-state index in [9.17, 15) is 18.4 Å². The molecule has 1 aromatic rings. The van der Waals surface area contributed by atoms with Crippen LogP contribution in [0.1, 0.15) is 10.4 Å². The van der Waals surface area contributed by atoms with Gasteiger partial charge in [0.25, 0.3) is 6.43 Å². The number of rotatable bonds is 4. The first-order valence-corrected chi connectivity index (χ1v) is 4.65. The van der Waals surface area contributed by atoms with E-state index in [1.807, 2.05) is 5.32 Å². The maximum atomic E-state index is 11.8. The molecule has 0 radical (unpaired) electrons. The molecule has 5 nitrogen and oxygen atoms in total. The van der Waals surface area contributed by atoms with Crippen LogP contribution in [0.5, 0.6) is 0 Å². The van der Waals surface area contributed by atoms with Gasteiger partial charge in [-0.2, -0.15) is 0 Å². The number of benzene rings is 1. The molecule has 0 saturated carbocycles. The molecule has 0 saturated heterocycles. The molecule has 0 aromatic heterocycles. The van der Waals surface area contributed by atoms with Gasteiger partial charge in [-0.25, -0.2) is 18.4 Å². The maximum Gasteiger partial charge on any atom is 0.335 e. The zero-order chi connectivity index (χ0) is 12.8. The number of aromatic carboxylic acids is 1. The van der Waals surface area contributed by atoms with Gasteiger partial charge in [0.2, 0.25) is 0 Å². The highest BCUT2D eigenvalue weighted by Gasteiger charge is 2.07. The SMILES string of the molecule is O=C(NCC(F)F)Nc1ccc(C(=O)O)cc1. The highest BCUT2D eigenvalue weighted by molar-refractivity contribution is 5.91. The zero-order valence-electron chi connectivity index (χ0n) is 8.61. The third-order valence-electron chi connectivity index (χ3n) is 1.81. The first-order chi connectivity index (χ1) is 7.99. The standard InChI is InChI=1S/C10H10F2N2O3/c11-8(12)5-13-10(17)14-7-3-1-6(2-4-7)9(15)16/h1-4,8H,5H2,(H,15,16)(H2,13,14,17). The number of hydrogen-bond donors (Lipinski definition) is 3. The molecule has 2 amide bonds. The summed E-state index contributed by atoms with van der Waals surface area (Å²) in [5, 5.41) is 12.9. The molecule has 0 unspecified atom stereocenters. The molecule has 0 spiro atoms. The van der Waals surface area contributed by atoms with E-state index in [1.165, 1.54) is 24.3 Å². The summed E-state index contributed by atoms with van der Waals surface area (Å²) < 4.78 is 23.5. The number of alkyl halides is 2. The number of carbonyl (C=O) groups excluding carboxylic acids is 1. The van der Waals surface area contributed by atoms with Crippen molar-refractivity contribution in [1.82, 2.24) is 5.32 Å². The first kappa shape index (κ1) is 12.9. The van der Waals surface area contributed by atoms with Gasteiger partial charge in [-0.1, -0.05) is 0 Å². The topological polar surface area (TPSA) is 78.4 Å². The summed E-state index contributed by atoms with van der Waals surface area (Å²) in [6.45, 7) is -0.737. The van der Waals surface area contributed by atoms with Crippen molar-refractivity contribution in [1.29, 1.82) is 0 Å². The predicted molar refractivity (Wildman–Crippen MR) is 56.4 cm³/mol. The number of anilines is 1. The second-order valence-electron chi connectivity index (χ2n) is 3.11. The zero-order valence-corrected chi connectivity index (χ0v) is 8.61. The van der Waals surface area contributed by atoms with Crippen molar-refractivity contribution >= 4 is 17.7 Å². The Morgan fingerprint density at radius 1 is 1.24 bits per heavy atom. The third-order valence-corrected chi connectivity index (χ3v) is 1.81. The number of carboxylic acids is 1. The van der Waals surface area contributed by atoms with E-state index < -0.39 is 25.0 Å². The molecule has 0 fully saturated rings. The molecule has 1 aromatic carbocycles. The van der Waals surface area contributed by atoms with E-state index in [0.717, 1.165) is 0 Å². The van der Waals surface area contributed by atoms with Gasteiger partial charge in [-0.05, 0) is 24.3 Å².